The van der Waals surface area contributed by atoms with Crippen LogP contribution in [0.3, 0.4) is 0 Å². The molecule has 2 rings (SSSR count). The Labute approximate surface area is 118 Å². The average Bonchev–Trinajstić information content (AvgIpc) is 2.16. The van der Waals surface area contributed by atoms with Gasteiger partial charge in [0.25, 0.3) is 0 Å². The van der Waals surface area contributed by atoms with E-state index in [9.17, 15) is 0 Å². The molecule has 2 heteroatoms. The van der Waals surface area contributed by atoms with E-state index in [0.717, 1.165) is 0 Å². The number of hydrogen-bond donors (Lipinski definition) is 0. The fraction of sp³-hybridized carbons (Fsp3) is 0.600. The van der Waals surface area contributed by atoms with Gasteiger partial charge in [-0.1, -0.05) is 5.69 Å². The normalized spacial score (nSPS) is 21.8. The maximum Gasteiger partial charge on any atom is 1.00 e. The predicted molar refractivity (Wildman–Crippen MR) is 69.8 cm³/mol. The Balaban J connectivity index is 0.00000144. The van der Waals surface area contributed by atoms with Gasteiger partial charge in [0, 0.05) is 11.1 Å². The van der Waals surface area contributed by atoms with E-state index in [1.54, 1.807) is 0 Å². The van der Waals surface area contributed by atoms with Crippen molar-refractivity contribution in [2.45, 2.75) is 58.0 Å². The summed E-state index contributed by atoms with van der Waals surface area (Å²) in [6.07, 6.45) is 3.86. The van der Waals surface area contributed by atoms with Crippen LogP contribution in [-0.4, -0.2) is 11.1 Å². The maximum absolute atomic E-state index is 3.19. The molecular weight excluding hydrogens is 201 g/mol. The summed E-state index contributed by atoms with van der Waals surface area (Å²) < 4.78 is 0. The molecule has 0 radical (unpaired) electrons. The van der Waals surface area contributed by atoms with Crippen molar-refractivity contribution in [2.24, 2.45) is 0 Å². The second-order valence-electron chi connectivity index (χ2n) is 6.08. The van der Waals surface area contributed by atoms with Crippen LogP contribution in [-0.2, 0) is 0 Å². The van der Waals surface area contributed by atoms with Crippen molar-refractivity contribution in [1.29, 1.82) is 0 Å². The summed E-state index contributed by atoms with van der Waals surface area (Å²) in [5.41, 5.74) is 1.80. The van der Waals surface area contributed by atoms with Gasteiger partial charge in [-0.25, -0.2) is 0 Å². The minimum absolute atomic E-state index is 0. The van der Waals surface area contributed by atoms with Crippen LogP contribution >= 0.6 is 0 Å². The maximum atomic E-state index is 3.19. The molecule has 0 spiro atoms. The van der Waals surface area contributed by atoms with E-state index in [4.69, 9.17) is 0 Å². The quantitative estimate of drug-likeness (QED) is 0.508. The van der Waals surface area contributed by atoms with Crippen LogP contribution in [0.25, 0.3) is 0 Å². The predicted octanol–water partition coefficient (Wildman–Crippen LogP) is 1.04. The second kappa shape index (κ2) is 5.08. The van der Waals surface area contributed by atoms with Gasteiger partial charge < -0.3 is 4.90 Å². The largest absolute Gasteiger partial charge is 1.00 e. The summed E-state index contributed by atoms with van der Waals surface area (Å²) in [6.45, 7) is 9.39. The number of rotatable bonds is 1. The van der Waals surface area contributed by atoms with Gasteiger partial charge in [-0.2, -0.15) is 24.3 Å². The Morgan fingerprint density at radius 3 is 2.18 bits per heavy atom. The van der Waals surface area contributed by atoms with Crippen LogP contribution in [0.5, 0.6) is 0 Å². The van der Waals surface area contributed by atoms with Crippen molar-refractivity contribution in [1.82, 2.24) is 0 Å². The van der Waals surface area contributed by atoms with Crippen molar-refractivity contribution >= 4 is 5.69 Å². The van der Waals surface area contributed by atoms with Gasteiger partial charge >= 0.3 is 18.9 Å². The van der Waals surface area contributed by atoms with Gasteiger partial charge in [0.1, 0.15) is 0 Å². The average molecular weight is 223 g/mol. The van der Waals surface area contributed by atoms with E-state index in [1.165, 1.54) is 24.9 Å². The van der Waals surface area contributed by atoms with Crippen molar-refractivity contribution in [3.63, 3.8) is 0 Å². The molecule has 1 heterocycles. The first-order chi connectivity index (χ1) is 7.43. The third-order valence-electron chi connectivity index (χ3n) is 3.74. The molecule has 1 fully saturated rings. The smallest absolute Gasteiger partial charge is 0.414 e. The molecule has 0 atom stereocenters. The van der Waals surface area contributed by atoms with Crippen molar-refractivity contribution in [3.8, 4) is 0 Å². The molecule has 0 aliphatic carbocycles. The zero-order valence-corrected chi connectivity index (χ0v) is 11.9. The second-order valence-corrected chi connectivity index (χ2v) is 6.08. The molecule has 0 N–H and O–H groups in total. The third kappa shape index (κ3) is 2.90. The molecule has 1 aliphatic rings. The molecule has 0 saturated carbocycles. The molecule has 0 unspecified atom stereocenters. The van der Waals surface area contributed by atoms with Crippen LogP contribution in [0.15, 0.2) is 24.3 Å². The first-order valence-electron chi connectivity index (χ1n) is 6.20. The first kappa shape index (κ1) is 14.7. The molecular formula is C15H22LiN. The van der Waals surface area contributed by atoms with E-state index in [1.807, 2.05) is 6.07 Å². The Kier molecular flexibility index (Phi) is 4.39. The molecule has 0 aromatic heterocycles. The summed E-state index contributed by atoms with van der Waals surface area (Å²) >= 11 is 0. The van der Waals surface area contributed by atoms with Gasteiger partial charge in [0.15, 0.2) is 0 Å². The van der Waals surface area contributed by atoms with E-state index in [0.29, 0.717) is 0 Å². The molecule has 1 aromatic carbocycles. The van der Waals surface area contributed by atoms with Crippen LogP contribution in [0.2, 0.25) is 0 Å². The van der Waals surface area contributed by atoms with Crippen molar-refractivity contribution in [3.05, 3.63) is 30.3 Å². The molecule has 17 heavy (non-hydrogen) atoms. The number of hydrogen-bond acceptors (Lipinski definition) is 1. The molecule has 0 amide bonds. The molecule has 1 nitrogen and oxygen atoms in total. The Morgan fingerprint density at radius 1 is 1.12 bits per heavy atom. The van der Waals surface area contributed by atoms with Crippen LogP contribution in [0.4, 0.5) is 5.69 Å². The van der Waals surface area contributed by atoms with Gasteiger partial charge in [-0.05, 0) is 47.0 Å². The summed E-state index contributed by atoms with van der Waals surface area (Å²) in [5, 5.41) is 0. The zero-order valence-electron chi connectivity index (χ0n) is 11.9. The summed E-state index contributed by atoms with van der Waals surface area (Å²) in [4.78, 5) is 2.57. The number of piperidine rings is 1. The minimum atomic E-state index is 0. The molecule has 0 bridgehead atoms. The minimum Gasteiger partial charge on any atom is -0.414 e. The molecule has 88 valence electrons. The first-order valence-corrected chi connectivity index (χ1v) is 6.20. The SMILES string of the molecule is CC1(C)CCCC(C)(C)N1c1c[c-]ccc1.[Li+]. The molecule has 1 saturated heterocycles. The van der Waals surface area contributed by atoms with E-state index >= 15 is 0 Å². The van der Waals surface area contributed by atoms with Crippen LogP contribution in [0, 0.1) is 6.07 Å². The Bertz CT molecular complexity index is 340. The third-order valence-corrected chi connectivity index (χ3v) is 3.74. The van der Waals surface area contributed by atoms with Crippen molar-refractivity contribution in [2.75, 3.05) is 4.90 Å². The van der Waals surface area contributed by atoms with Gasteiger partial charge in [-0.15, -0.1) is 6.07 Å². The van der Waals surface area contributed by atoms with Crippen molar-refractivity contribution < 1.29 is 18.9 Å². The number of benzene rings is 1. The van der Waals surface area contributed by atoms with E-state index < -0.39 is 0 Å². The monoisotopic (exact) mass is 223 g/mol. The number of anilines is 1. The Morgan fingerprint density at radius 2 is 1.71 bits per heavy atom. The summed E-state index contributed by atoms with van der Waals surface area (Å²) in [5.74, 6) is 0. The fourth-order valence-corrected chi connectivity index (χ4v) is 3.22. The number of nitrogens with zero attached hydrogens (tertiary/aromatic N) is 1. The van der Waals surface area contributed by atoms with Gasteiger partial charge in [0.2, 0.25) is 0 Å². The van der Waals surface area contributed by atoms with E-state index in [2.05, 4.69) is 56.9 Å². The van der Waals surface area contributed by atoms with Gasteiger partial charge in [-0.3, -0.25) is 0 Å². The standard InChI is InChI=1S/C15H22N.Li/c1-14(2)11-8-12-15(3,4)16(14)13-9-6-5-7-10-13;/h5-6,9-10H,8,11-12H2,1-4H3;/q-1;+1. The molecule has 1 aromatic rings. The summed E-state index contributed by atoms with van der Waals surface area (Å²) in [6, 6.07) is 11.5. The van der Waals surface area contributed by atoms with Crippen LogP contribution in [0.1, 0.15) is 47.0 Å². The molecule has 1 aliphatic heterocycles. The zero-order chi connectivity index (χ0) is 11.8. The van der Waals surface area contributed by atoms with Gasteiger partial charge in [0.05, 0.1) is 0 Å². The topological polar surface area (TPSA) is 3.24 Å². The Hall–Kier alpha value is -0.383. The summed E-state index contributed by atoms with van der Waals surface area (Å²) in [7, 11) is 0. The van der Waals surface area contributed by atoms with E-state index in [-0.39, 0.29) is 29.9 Å². The fourth-order valence-electron chi connectivity index (χ4n) is 3.22. The van der Waals surface area contributed by atoms with Crippen LogP contribution < -0.4 is 23.8 Å².